The molecule has 0 unspecified atom stereocenters. The van der Waals surface area contributed by atoms with Gasteiger partial charge in [0.25, 0.3) is 5.91 Å². The van der Waals surface area contributed by atoms with Crippen molar-refractivity contribution in [2.75, 3.05) is 17.8 Å². The second-order valence-electron chi connectivity index (χ2n) is 7.14. The van der Waals surface area contributed by atoms with Crippen molar-refractivity contribution in [2.24, 2.45) is 0 Å². The maximum Gasteiger partial charge on any atom is 0.265 e. The minimum Gasteiger partial charge on any atom is -0.484 e. The van der Waals surface area contributed by atoms with Crippen molar-refractivity contribution >= 4 is 21.4 Å². The van der Waals surface area contributed by atoms with Crippen molar-refractivity contribution in [3.63, 3.8) is 0 Å². The van der Waals surface area contributed by atoms with Gasteiger partial charge in [-0.2, -0.15) is 0 Å². The number of carbonyl (C=O) groups excluding carboxylic acids is 1. The fourth-order valence-electron chi connectivity index (χ4n) is 2.75. The van der Waals surface area contributed by atoms with Crippen LogP contribution in [0.4, 0.5) is 5.69 Å². The summed E-state index contributed by atoms with van der Waals surface area (Å²) in [6.45, 7) is 7.95. The highest BCUT2D eigenvalue weighted by atomic mass is 32.2. The second kappa shape index (κ2) is 8.57. The Labute approximate surface area is 161 Å². The first-order valence-electron chi connectivity index (χ1n) is 8.94. The number of rotatable bonds is 7. The Morgan fingerprint density at radius 1 is 0.963 bits per heavy atom. The van der Waals surface area contributed by atoms with Crippen molar-refractivity contribution < 1.29 is 17.9 Å². The monoisotopic (exact) mass is 389 g/mol. The zero-order valence-corrected chi connectivity index (χ0v) is 17.3. The van der Waals surface area contributed by atoms with Gasteiger partial charge in [0.05, 0.1) is 4.90 Å². The van der Waals surface area contributed by atoms with Crippen molar-refractivity contribution in [1.29, 1.82) is 0 Å². The third kappa shape index (κ3) is 5.57. The Morgan fingerprint density at radius 3 is 1.96 bits per heavy atom. The molecule has 146 valence electrons. The summed E-state index contributed by atoms with van der Waals surface area (Å²) < 4.78 is 28.9. The average molecular weight is 390 g/mol. The molecule has 0 radical (unpaired) electrons. The number of ether oxygens (including phenoxy) is 1. The molecule has 0 heterocycles. The predicted octanol–water partition coefficient (Wildman–Crippen LogP) is 4.03. The van der Waals surface area contributed by atoms with Gasteiger partial charge in [0.15, 0.2) is 16.4 Å². The second-order valence-corrected chi connectivity index (χ2v) is 9.15. The van der Waals surface area contributed by atoms with Crippen LogP contribution in [-0.2, 0) is 14.6 Å². The highest BCUT2D eigenvalue weighted by Crippen LogP contribution is 2.22. The number of hydrogen-bond acceptors (Lipinski definition) is 4. The fraction of sp³-hybridized carbons (Fsp3) is 0.381. The van der Waals surface area contributed by atoms with E-state index in [0.29, 0.717) is 17.4 Å². The van der Waals surface area contributed by atoms with Gasteiger partial charge in [0.1, 0.15) is 5.75 Å². The lowest BCUT2D eigenvalue weighted by molar-refractivity contribution is -0.120. The quantitative estimate of drug-likeness (QED) is 0.717. The lowest BCUT2D eigenvalue weighted by Crippen LogP contribution is -2.40. The molecule has 0 aliphatic heterocycles. The van der Waals surface area contributed by atoms with E-state index in [9.17, 15) is 13.2 Å². The Morgan fingerprint density at radius 2 is 1.52 bits per heavy atom. The van der Waals surface area contributed by atoms with E-state index in [1.165, 1.54) is 17.7 Å². The molecule has 0 bridgehead atoms. The van der Waals surface area contributed by atoms with E-state index in [0.717, 1.165) is 6.26 Å². The molecule has 0 saturated carbocycles. The summed E-state index contributed by atoms with van der Waals surface area (Å²) in [6.07, 6.45) is 1.16. The highest BCUT2D eigenvalue weighted by molar-refractivity contribution is 7.90. The normalized spacial score (nSPS) is 11.7. The van der Waals surface area contributed by atoms with Gasteiger partial charge in [-0.3, -0.25) is 4.79 Å². The van der Waals surface area contributed by atoms with Gasteiger partial charge in [-0.05, 0) is 61.7 Å². The minimum absolute atomic E-state index is 0.0894. The molecule has 1 amide bonds. The Bertz CT molecular complexity index is 869. The molecule has 0 aromatic heterocycles. The Hall–Kier alpha value is -2.34. The molecule has 2 rings (SSSR count). The van der Waals surface area contributed by atoms with Crippen LogP contribution in [-0.4, -0.2) is 33.2 Å². The van der Waals surface area contributed by atoms with Crippen LogP contribution in [0.15, 0.2) is 53.4 Å². The maximum atomic E-state index is 12.7. The van der Waals surface area contributed by atoms with Crippen LogP contribution in [0.1, 0.15) is 39.2 Å². The van der Waals surface area contributed by atoms with Crippen LogP contribution >= 0.6 is 0 Å². The highest BCUT2D eigenvalue weighted by Gasteiger charge is 2.20. The molecular formula is C21H27NO4S. The fourth-order valence-corrected chi connectivity index (χ4v) is 3.38. The summed E-state index contributed by atoms with van der Waals surface area (Å²) in [5.74, 6) is 0.890. The van der Waals surface area contributed by atoms with Crippen LogP contribution in [0.5, 0.6) is 5.75 Å². The van der Waals surface area contributed by atoms with Crippen LogP contribution in [0, 0.1) is 0 Å². The van der Waals surface area contributed by atoms with Gasteiger partial charge >= 0.3 is 0 Å². The van der Waals surface area contributed by atoms with Crippen molar-refractivity contribution in [2.45, 2.75) is 44.6 Å². The van der Waals surface area contributed by atoms with Gasteiger partial charge < -0.3 is 9.64 Å². The topological polar surface area (TPSA) is 63.7 Å². The number of sulfone groups is 1. The van der Waals surface area contributed by atoms with E-state index in [1.54, 1.807) is 17.0 Å². The van der Waals surface area contributed by atoms with Crippen molar-refractivity contribution in [3.05, 3.63) is 54.1 Å². The van der Waals surface area contributed by atoms with E-state index >= 15 is 0 Å². The van der Waals surface area contributed by atoms with E-state index in [4.69, 9.17) is 4.74 Å². The molecule has 5 nitrogen and oxygen atoms in total. The van der Waals surface area contributed by atoms with Crippen LogP contribution < -0.4 is 9.64 Å². The largest absolute Gasteiger partial charge is 0.484 e. The van der Waals surface area contributed by atoms with Crippen LogP contribution in [0.3, 0.4) is 0 Å². The average Bonchev–Trinajstić information content (AvgIpc) is 2.60. The molecule has 2 aromatic carbocycles. The summed E-state index contributed by atoms with van der Waals surface area (Å²) in [5.41, 5.74) is 1.85. The van der Waals surface area contributed by atoms with E-state index in [2.05, 4.69) is 13.8 Å². The Kier molecular flexibility index (Phi) is 6.65. The molecule has 0 aliphatic carbocycles. The van der Waals surface area contributed by atoms with Crippen molar-refractivity contribution in [1.82, 2.24) is 0 Å². The smallest absolute Gasteiger partial charge is 0.265 e. The molecule has 0 fully saturated rings. The number of anilines is 1. The SMILES string of the molecule is CC(C)c1ccc(OCC(=O)N(c2ccc(S(C)(=O)=O)cc2)C(C)C)cc1. The first-order chi connectivity index (χ1) is 12.6. The van der Waals surface area contributed by atoms with E-state index < -0.39 is 9.84 Å². The molecule has 2 aromatic rings. The summed E-state index contributed by atoms with van der Waals surface area (Å²) in [6, 6.07) is 13.9. The minimum atomic E-state index is -3.27. The van der Waals surface area contributed by atoms with Gasteiger partial charge in [-0.1, -0.05) is 26.0 Å². The third-order valence-corrected chi connectivity index (χ3v) is 5.37. The van der Waals surface area contributed by atoms with Gasteiger partial charge in [-0.25, -0.2) is 8.42 Å². The summed E-state index contributed by atoms with van der Waals surface area (Å²) >= 11 is 0. The zero-order chi connectivity index (χ0) is 20.2. The van der Waals surface area contributed by atoms with Gasteiger partial charge in [-0.15, -0.1) is 0 Å². The summed E-state index contributed by atoms with van der Waals surface area (Å²) in [5, 5.41) is 0. The molecule has 6 heteroatoms. The Balaban J connectivity index is 2.10. The number of hydrogen-bond donors (Lipinski definition) is 0. The lowest BCUT2D eigenvalue weighted by atomic mass is 10.0. The summed E-state index contributed by atoms with van der Waals surface area (Å²) in [4.78, 5) is 14.5. The first kappa shape index (κ1) is 21.0. The van der Waals surface area contributed by atoms with Crippen molar-refractivity contribution in [3.8, 4) is 5.75 Å². The molecule has 27 heavy (non-hydrogen) atoms. The van der Waals surface area contributed by atoms with Gasteiger partial charge in [0, 0.05) is 18.0 Å². The van der Waals surface area contributed by atoms with E-state index in [1.807, 2.05) is 38.1 Å². The van der Waals surface area contributed by atoms with Crippen LogP contribution in [0.2, 0.25) is 0 Å². The number of nitrogens with zero attached hydrogens (tertiary/aromatic N) is 1. The lowest BCUT2D eigenvalue weighted by Gasteiger charge is -2.27. The summed E-state index contributed by atoms with van der Waals surface area (Å²) in [7, 11) is -3.27. The number of amides is 1. The zero-order valence-electron chi connectivity index (χ0n) is 16.5. The number of carbonyl (C=O) groups is 1. The number of benzene rings is 2. The van der Waals surface area contributed by atoms with Gasteiger partial charge in [0.2, 0.25) is 0 Å². The third-order valence-electron chi connectivity index (χ3n) is 4.24. The predicted molar refractivity (Wildman–Crippen MR) is 108 cm³/mol. The van der Waals surface area contributed by atoms with E-state index in [-0.39, 0.29) is 23.5 Å². The first-order valence-corrected chi connectivity index (χ1v) is 10.8. The standard InChI is InChI=1S/C21H27NO4S/c1-15(2)17-6-10-19(11-7-17)26-14-21(23)22(16(3)4)18-8-12-20(13-9-18)27(5,24)25/h6-13,15-16H,14H2,1-5H3. The molecule has 0 atom stereocenters. The molecule has 0 saturated heterocycles. The molecular weight excluding hydrogens is 362 g/mol. The van der Waals surface area contributed by atoms with Crippen LogP contribution in [0.25, 0.3) is 0 Å². The maximum absolute atomic E-state index is 12.7. The molecule has 0 N–H and O–H groups in total. The molecule has 0 spiro atoms. The molecule has 0 aliphatic rings.